The first-order valence-corrected chi connectivity index (χ1v) is 23.4. The molecule has 0 N–H and O–H groups in total. The molecule has 1 heterocycles. The van der Waals surface area contributed by atoms with Gasteiger partial charge in [0.1, 0.15) is 0 Å². The van der Waals surface area contributed by atoms with Gasteiger partial charge in [0, 0.05) is 42.6 Å². The number of rotatable bonds is 7. The molecule has 65 heavy (non-hydrogen) atoms. The van der Waals surface area contributed by atoms with Crippen LogP contribution in [-0.2, 0) is 10.8 Å². The van der Waals surface area contributed by atoms with Crippen molar-refractivity contribution in [2.45, 2.75) is 17.8 Å². The van der Waals surface area contributed by atoms with E-state index in [1.165, 1.54) is 92.5 Å². The van der Waals surface area contributed by atoms with E-state index in [2.05, 4.69) is 254 Å². The van der Waals surface area contributed by atoms with Gasteiger partial charge in [-0.25, -0.2) is 0 Å². The van der Waals surface area contributed by atoms with Gasteiger partial charge in [-0.05, 0) is 128 Å². The summed E-state index contributed by atoms with van der Waals surface area (Å²) in [5.41, 5.74) is 19.1. The Morgan fingerprint density at radius 2 is 0.800 bits per heavy atom. The zero-order valence-electron chi connectivity index (χ0n) is 35.9. The van der Waals surface area contributed by atoms with Crippen molar-refractivity contribution in [2.75, 3.05) is 4.90 Å². The summed E-state index contributed by atoms with van der Waals surface area (Å²) in [6.45, 7) is 2.41. The maximum atomic E-state index is 2.48. The predicted molar refractivity (Wildman–Crippen MR) is 274 cm³/mol. The molecule has 0 saturated carbocycles. The largest absolute Gasteiger partial charge is 0.310 e. The van der Waals surface area contributed by atoms with Gasteiger partial charge in [0.25, 0.3) is 0 Å². The molecule has 0 saturated heterocycles. The third kappa shape index (κ3) is 5.57. The van der Waals surface area contributed by atoms with Crippen molar-refractivity contribution in [3.8, 4) is 33.4 Å². The van der Waals surface area contributed by atoms with E-state index in [1.54, 1.807) is 0 Å². The van der Waals surface area contributed by atoms with Gasteiger partial charge < -0.3 is 4.90 Å². The van der Waals surface area contributed by atoms with Gasteiger partial charge in [-0.2, -0.15) is 0 Å². The lowest BCUT2D eigenvalue weighted by Crippen LogP contribution is -2.28. The molecule has 2 aliphatic carbocycles. The molecule has 11 aromatic rings. The Hall–Kier alpha value is -7.78. The maximum absolute atomic E-state index is 2.48. The molecule has 0 aliphatic heterocycles. The van der Waals surface area contributed by atoms with E-state index in [1.807, 2.05) is 11.3 Å². The highest BCUT2D eigenvalue weighted by Gasteiger charge is 2.46. The molecule has 2 heteroatoms. The van der Waals surface area contributed by atoms with Crippen LogP contribution < -0.4 is 4.90 Å². The summed E-state index contributed by atoms with van der Waals surface area (Å²) in [5, 5.41) is 2.64. The summed E-state index contributed by atoms with van der Waals surface area (Å²) < 4.78 is 2.64. The molecule has 2 aliphatic rings. The van der Waals surface area contributed by atoms with E-state index < -0.39 is 5.41 Å². The van der Waals surface area contributed by atoms with Crippen LogP contribution in [-0.4, -0.2) is 0 Å². The molecule has 0 bridgehead atoms. The second kappa shape index (κ2) is 14.6. The van der Waals surface area contributed by atoms with Crippen molar-refractivity contribution in [3.05, 3.63) is 282 Å². The number of thiophene rings is 1. The van der Waals surface area contributed by atoms with Crippen LogP contribution in [0, 0.1) is 0 Å². The molecular weight excluding hydrogens is 803 g/mol. The van der Waals surface area contributed by atoms with Gasteiger partial charge in [-0.15, -0.1) is 11.3 Å². The average molecular weight is 846 g/mol. The summed E-state index contributed by atoms with van der Waals surface area (Å²) >= 11 is 1.87. The van der Waals surface area contributed by atoms with Crippen molar-refractivity contribution in [2.24, 2.45) is 0 Å². The van der Waals surface area contributed by atoms with Crippen LogP contribution in [0.3, 0.4) is 0 Å². The minimum Gasteiger partial charge on any atom is -0.310 e. The SMILES string of the molecule is CC1(c2ccccc2)c2ccccc2-c2ccc(N(c3ccc(-c4ccc5c(c4)sc4ccccc45)cc3)c3ccc4c(c3)C(c3ccccc3)(c3ccccc3)c3ccccc3-4)cc21. The second-order valence-corrected chi connectivity index (χ2v) is 18.8. The number of fused-ring (bicyclic) bond motifs is 9. The first-order valence-electron chi connectivity index (χ1n) is 22.6. The topological polar surface area (TPSA) is 3.24 Å². The van der Waals surface area contributed by atoms with Gasteiger partial charge >= 0.3 is 0 Å². The second-order valence-electron chi connectivity index (χ2n) is 17.7. The molecule has 1 nitrogen and oxygen atoms in total. The first-order chi connectivity index (χ1) is 32.1. The molecular formula is C63H43NS. The highest BCUT2D eigenvalue weighted by Crippen LogP contribution is 2.58. The molecule has 1 unspecified atom stereocenters. The van der Waals surface area contributed by atoms with E-state index in [-0.39, 0.29) is 5.41 Å². The van der Waals surface area contributed by atoms with Crippen molar-refractivity contribution in [3.63, 3.8) is 0 Å². The van der Waals surface area contributed by atoms with Crippen LogP contribution >= 0.6 is 11.3 Å². The number of nitrogens with zero attached hydrogens (tertiary/aromatic N) is 1. The van der Waals surface area contributed by atoms with Gasteiger partial charge in [0.15, 0.2) is 0 Å². The summed E-state index contributed by atoms with van der Waals surface area (Å²) in [4.78, 5) is 2.48. The van der Waals surface area contributed by atoms with Crippen molar-refractivity contribution in [1.82, 2.24) is 0 Å². The van der Waals surface area contributed by atoms with Gasteiger partial charge in [0.2, 0.25) is 0 Å². The molecule has 1 atom stereocenters. The minimum absolute atomic E-state index is 0.334. The average Bonchev–Trinajstić information content (AvgIpc) is 3.99. The highest BCUT2D eigenvalue weighted by atomic mass is 32.1. The lowest BCUT2D eigenvalue weighted by Gasteiger charge is -2.35. The first kappa shape index (κ1) is 37.7. The van der Waals surface area contributed by atoms with Crippen molar-refractivity contribution < 1.29 is 0 Å². The van der Waals surface area contributed by atoms with Crippen LogP contribution in [0.2, 0.25) is 0 Å². The Morgan fingerprint density at radius 1 is 0.323 bits per heavy atom. The zero-order valence-corrected chi connectivity index (χ0v) is 36.8. The van der Waals surface area contributed by atoms with Crippen LogP contribution in [0.4, 0.5) is 17.1 Å². The monoisotopic (exact) mass is 845 g/mol. The Balaban J connectivity index is 1.02. The molecule has 0 amide bonds. The number of benzene rings is 10. The minimum atomic E-state index is -0.517. The standard InChI is InChI=1S/C63H43NS/c1-62(44-17-5-2-6-18-44)56-26-14-11-23-50(56)52-37-34-48(40-58(52)62)64(47-32-29-42(30-33-47)43-31-36-55-54-25-13-16-28-60(54)65-61(55)39-43)49-35-38-53-51-24-12-15-27-57(51)63(59(53)41-49,45-19-7-3-8-20-45)46-21-9-4-10-22-46/h2-41H,1H3. The van der Waals surface area contributed by atoms with E-state index in [9.17, 15) is 0 Å². The number of hydrogen-bond donors (Lipinski definition) is 0. The fourth-order valence-corrected chi connectivity index (χ4v) is 12.6. The third-order valence-corrected chi connectivity index (χ3v) is 15.6. The van der Waals surface area contributed by atoms with Crippen LogP contribution in [0.5, 0.6) is 0 Å². The van der Waals surface area contributed by atoms with Crippen molar-refractivity contribution >= 4 is 48.6 Å². The Bertz CT molecular complexity index is 3570. The van der Waals surface area contributed by atoms with Gasteiger partial charge in [-0.3, -0.25) is 0 Å². The molecule has 0 fully saturated rings. The summed E-state index contributed by atoms with van der Waals surface area (Å²) in [6, 6.07) is 90.5. The number of anilines is 3. The number of hydrogen-bond acceptors (Lipinski definition) is 2. The lowest BCUT2D eigenvalue weighted by atomic mass is 9.67. The van der Waals surface area contributed by atoms with Crippen LogP contribution in [0.25, 0.3) is 53.6 Å². The molecule has 0 radical (unpaired) electrons. The smallest absolute Gasteiger partial charge is 0.0714 e. The quantitative estimate of drug-likeness (QED) is 0.154. The Kier molecular flexibility index (Phi) is 8.50. The predicted octanol–water partition coefficient (Wildman–Crippen LogP) is 16.9. The van der Waals surface area contributed by atoms with Crippen LogP contribution in [0.15, 0.2) is 243 Å². The van der Waals surface area contributed by atoms with E-state index in [0.29, 0.717) is 0 Å². The van der Waals surface area contributed by atoms with E-state index in [0.717, 1.165) is 17.1 Å². The van der Waals surface area contributed by atoms with E-state index in [4.69, 9.17) is 0 Å². The fourth-order valence-electron chi connectivity index (χ4n) is 11.4. The molecule has 1 aromatic heterocycles. The van der Waals surface area contributed by atoms with Crippen LogP contribution in [0.1, 0.15) is 45.9 Å². The summed E-state index contributed by atoms with van der Waals surface area (Å²) in [5.74, 6) is 0. The molecule has 10 aromatic carbocycles. The Labute approximate surface area is 384 Å². The molecule has 306 valence electrons. The molecule has 0 spiro atoms. The maximum Gasteiger partial charge on any atom is 0.0714 e. The zero-order chi connectivity index (χ0) is 43.1. The summed E-state index contributed by atoms with van der Waals surface area (Å²) in [6.07, 6.45) is 0. The Morgan fingerprint density at radius 3 is 1.48 bits per heavy atom. The van der Waals surface area contributed by atoms with E-state index >= 15 is 0 Å². The third-order valence-electron chi connectivity index (χ3n) is 14.4. The van der Waals surface area contributed by atoms with Gasteiger partial charge in [-0.1, -0.05) is 194 Å². The normalized spacial score (nSPS) is 15.3. The molecule has 13 rings (SSSR count). The lowest BCUT2D eigenvalue weighted by molar-refractivity contribution is 0.714. The van der Waals surface area contributed by atoms with Gasteiger partial charge in [0.05, 0.1) is 5.41 Å². The fraction of sp³-hybridized carbons (Fsp3) is 0.0476. The summed E-state index contributed by atoms with van der Waals surface area (Å²) in [7, 11) is 0. The van der Waals surface area contributed by atoms with Crippen molar-refractivity contribution in [1.29, 1.82) is 0 Å². The highest BCUT2D eigenvalue weighted by molar-refractivity contribution is 7.25.